The summed E-state index contributed by atoms with van der Waals surface area (Å²) in [6.07, 6.45) is 0. The minimum absolute atomic E-state index is 0.182. The maximum Gasteiger partial charge on any atom is 0.239 e. The Labute approximate surface area is 100 Å². The molecule has 1 aromatic carbocycles. The largest absolute Gasteiger partial charge is 0.368 e. The molecule has 2 amide bonds. The van der Waals surface area contributed by atoms with Gasteiger partial charge in [0.15, 0.2) is 0 Å². The fraction of sp³-hybridized carbons (Fsp3) is 0.333. The molecule has 17 heavy (non-hydrogen) atoms. The summed E-state index contributed by atoms with van der Waals surface area (Å²) >= 11 is 0. The van der Waals surface area contributed by atoms with Gasteiger partial charge in [-0.25, -0.2) is 0 Å². The first-order chi connectivity index (χ1) is 8.06. The molecule has 1 aromatic rings. The van der Waals surface area contributed by atoms with Crippen LogP contribution in [-0.2, 0) is 9.59 Å². The standard InChI is InChI=1S/C12H17N3O2/c1-8(11(14)16)15-12(17)10(7-13)9-5-3-2-4-6-9/h2-6,8,10H,7,13H2,1H3,(H2,14,16)(H,15,17)/t8-,10?/m0/s1. The Hall–Kier alpha value is -1.88. The molecule has 0 saturated heterocycles. The predicted molar refractivity (Wildman–Crippen MR) is 65.0 cm³/mol. The van der Waals surface area contributed by atoms with Crippen molar-refractivity contribution >= 4 is 11.8 Å². The lowest BCUT2D eigenvalue weighted by molar-refractivity contribution is -0.127. The van der Waals surface area contributed by atoms with E-state index in [1.54, 1.807) is 6.92 Å². The Balaban J connectivity index is 2.75. The highest BCUT2D eigenvalue weighted by molar-refractivity contribution is 5.89. The first kappa shape index (κ1) is 13.2. The van der Waals surface area contributed by atoms with E-state index >= 15 is 0 Å². The smallest absolute Gasteiger partial charge is 0.239 e. The van der Waals surface area contributed by atoms with Crippen LogP contribution >= 0.6 is 0 Å². The molecule has 0 spiro atoms. The topological polar surface area (TPSA) is 98.2 Å². The number of hydrogen-bond donors (Lipinski definition) is 3. The van der Waals surface area contributed by atoms with E-state index in [1.807, 2.05) is 30.3 Å². The van der Waals surface area contributed by atoms with E-state index in [0.29, 0.717) is 0 Å². The SMILES string of the molecule is C[C@H](NC(=O)C(CN)c1ccccc1)C(N)=O. The molecule has 0 heterocycles. The molecule has 2 atom stereocenters. The molecular weight excluding hydrogens is 218 g/mol. The first-order valence-corrected chi connectivity index (χ1v) is 5.41. The molecule has 1 unspecified atom stereocenters. The summed E-state index contributed by atoms with van der Waals surface area (Å²) in [5.41, 5.74) is 11.5. The zero-order chi connectivity index (χ0) is 12.8. The normalized spacial score (nSPS) is 13.8. The van der Waals surface area contributed by atoms with E-state index in [4.69, 9.17) is 11.5 Å². The van der Waals surface area contributed by atoms with Gasteiger partial charge in [-0.05, 0) is 12.5 Å². The molecule has 92 valence electrons. The lowest BCUT2D eigenvalue weighted by atomic mass is 9.98. The molecule has 0 radical (unpaired) electrons. The van der Waals surface area contributed by atoms with Crippen molar-refractivity contribution in [1.29, 1.82) is 0 Å². The third-order valence-electron chi connectivity index (χ3n) is 2.54. The van der Waals surface area contributed by atoms with Crippen molar-refractivity contribution in [1.82, 2.24) is 5.32 Å². The fourth-order valence-electron chi connectivity index (χ4n) is 1.46. The second-order valence-electron chi connectivity index (χ2n) is 3.83. The van der Waals surface area contributed by atoms with Crippen molar-refractivity contribution in [2.45, 2.75) is 18.9 Å². The lowest BCUT2D eigenvalue weighted by Gasteiger charge is -2.17. The van der Waals surface area contributed by atoms with E-state index < -0.39 is 17.9 Å². The Morgan fingerprint density at radius 1 is 1.29 bits per heavy atom. The van der Waals surface area contributed by atoms with Gasteiger partial charge >= 0.3 is 0 Å². The van der Waals surface area contributed by atoms with E-state index in [9.17, 15) is 9.59 Å². The molecule has 1 rings (SSSR count). The van der Waals surface area contributed by atoms with Crippen LogP contribution in [0, 0.1) is 0 Å². The van der Waals surface area contributed by atoms with Gasteiger partial charge in [-0.1, -0.05) is 30.3 Å². The van der Waals surface area contributed by atoms with Crippen molar-refractivity contribution in [2.24, 2.45) is 11.5 Å². The lowest BCUT2D eigenvalue weighted by Crippen LogP contribution is -2.45. The van der Waals surface area contributed by atoms with Crippen molar-refractivity contribution in [3.8, 4) is 0 Å². The summed E-state index contributed by atoms with van der Waals surface area (Å²) in [7, 11) is 0. The van der Waals surface area contributed by atoms with Gasteiger partial charge in [-0.15, -0.1) is 0 Å². The zero-order valence-corrected chi connectivity index (χ0v) is 9.72. The minimum atomic E-state index is -0.694. The summed E-state index contributed by atoms with van der Waals surface area (Å²) in [5, 5.41) is 2.54. The number of amides is 2. The van der Waals surface area contributed by atoms with Crippen LogP contribution in [0.25, 0.3) is 0 Å². The molecular formula is C12H17N3O2. The Bertz CT molecular complexity index is 392. The average molecular weight is 235 g/mol. The number of nitrogens with one attached hydrogen (secondary N) is 1. The maximum atomic E-state index is 11.9. The van der Waals surface area contributed by atoms with Crippen LogP contribution in [0.15, 0.2) is 30.3 Å². The fourth-order valence-corrected chi connectivity index (χ4v) is 1.46. The van der Waals surface area contributed by atoms with E-state index in [-0.39, 0.29) is 12.5 Å². The molecule has 0 aromatic heterocycles. The molecule has 5 N–H and O–H groups in total. The molecule has 5 nitrogen and oxygen atoms in total. The Kier molecular flexibility index (Phi) is 4.66. The van der Waals surface area contributed by atoms with Crippen molar-refractivity contribution in [2.75, 3.05) is 6.54 Å². The third kappa shape index (κ3) is 3.57. The number of rotatable bonds is 5. The zero-order valence-electron chi connectivity index (χ0n) is 9.72. The second kappa shape index (κ2) is 6.00. The van der Waals surface area contributed by atoms with Gasteiger partial charge < -0.3 is 16.8 Å². The Morgan fingerprint density at radius 3 is 2.35 bits per heavy atom. The van der Waals surface area contributed by atoms with E-state index in [2.05, 4.69) is 5.32 Å². The van der Waals surface area contributed by atoms with Gasteiger partial charge in [-0.3, -0.25) is 9.59 Å². The summed E-state index contributed by atoms with van der Waals surface area (Å²) in [5.74, 6) is -1.31. The number of primary amides is 1. The quantitative estimate of drug-likeness (QED) is 0.654. The van der Waals surface area contributed by atoms with Crippen LogP contribution in [0.4, 0.5) is 0 Å². The van der Waals surface area contributed by atoms with Gasteiger partial charge in [0.25, 0.3) is 0 Å². The summed E-state index contributed by atoms with van der Waals surface area (Å²) < 4.78 is 0. The molecule has 0 saturated carbocycles. The number of carbonyl (C=O) groups excluding carboxylic acids is 2. The molecule has 0 aliphatic rings. The van der Waals surface area contributed by atoms with Gasteiger partial charge in [-0.2, -0.15) is 0 Å². The molecule has 5 heteroatoms. The summed E-state index contributed by atoms with van der Waals surface area (Å²) in [6.45, 7) is 1.72. The van der Waals surface area contributed by atoms with Crippen LogP contribution in [0.1, 0.15) is 18.4 Å². The Morgan fingerprint density at radius 2 is 1.88 bits per heavy atom. The molecule has 0 aliphatic heterocycles. The minimum Gasteiger partial charge on any atom is -0.368 e. The highest BCUT2D eigenvalue weighted by Crippen LogP contribution is 2.14. The van der Waals surface area contributed by atoms with Crippen LogP contribution in [0.2, 0.25) is 0 Å². The van der Waals surface area contributed by atoms with E-state index in [1.165, 1.54) is 0 Å². The first-order valence-electron chi connectivity index (χ1n) is 5.41. The number of carbonyl (C=O) groups is 2. The van der Waals surface area contributed by atoms with Crippen LogP contribution in [0.5, 0.6) is 0 Å². The number of hydrogen-bond acceptors (Lipinski definition) is 3. The van der Waals surface area contributed by atoms with Crippen LogP contribution < -0.4 is 16.8 Å². The highest BCUT2D eigenvalue weighted by atomic mass is 16.2. The van der Waals surface area contributed by atoms with Gasteiger partial charge in [0, 0.05) is 6.54 Å². The van der Waals surface area contributed by atoms with Gasteiger partial charge in [0.1, 0.15) is 6.04 Å². The summed E-state index contributed by atoms with van der Waals surface area (Å²) in [6, 6.07) is 8.49. The highest BCUT2D eigenvalue weighted by Gasteiger charge is 2.21. The molecule has 0 fully saturated rings. The van der Waals surface area contributed by atoms with Gasteiger partial charge in [0.2, 0.25) is 11.8 Å². The predicted octanol–water partition coefficient (Wildman–Crippen LogP) is -0.281. The average Bonchev–Trinajstić information content (AvgIpc) is 2.31. The maximum absolute atomic E-state index is 11.9. The van der Waals surface area contributed by atoms with Crippen LogP contribution in [0.3, 0.4) is 0 Å². The number of benzene rings is 1. The van der Waals surface area contributed by atoms with Crippen LogP contribution in [-0.4, -0.2) is 24.4 Å². The van der Waals surface area contributed by atoms with E-state index in [0.717, 1.165) is 5.56 Å². The third-order valence-corrected chi connectivity index (χ3v) is 2.54. The number of nitrogens with two attached hydrogens (primary N) is 2. The second-order valence-corrected chi connectivity index (χ2v) is 3.83. The molecule has 0 aliphatic carbocycles. The van der Waals surface area contributed by atoms with Crippen molar-refractivity contribution in [3.05, 3.63) is 35.9 Å². The van der Waals surface area contributed by atoms with Crippen molar-refractivity contribution < 1.29 is 9.59 Å². The molecule has 0 bridgehead atoms. The van der Waals surface area contributed by atoms with Crippen molar-refractivity contribution in [3.63, 3.8) is 0 Å². The van der Waals surface area contributed by atoms with Gasteiger partial charge in [0.05, 0.1) is 5.92 Å². The monoisotopic (exact) mass is 235 g/mol. The summed E-state index contributed by atoms with van der Waals surface area (Å²) in [4.78, 5) is 22.7.